The minimum absolute atomic E-state index is 0.0430. The number of nitrogens with zero attached hydrogens (tertiary/aromatic N) is 1. The molecule has 4 atom stereocenters. The highest BCUT2D eigenvalue weighted by Gasteiger charge is 2.32. The van der Waals surface area contributed by atoms with Gasteiger partial charge in [-0.2, -0.15) is 0 Å². The van der Waals surface area contributed by atoms with Crippen molar-refractivity contribution < 1.29 is 33.9 Å². The number of aliphatic imine (C=N–C) groups is 1. The summed E-state index contributed by atoms with van der Waals surface area (Å²) in [6, 6.07) is -4.87. The SMILES string of the molecule is NC(=O)CC(NC(=O)C(CCCN=C(N)N)NC(=O)C(CC(N)=O)NC(=O)C1CCCN1)C(=O)O. The second kappa shape index (κ2) is 14.3. The summed E-state index contributed by atoms with van der Waals surface area (Å²) in [4.78, 5) is 75.8. The van der Waals surface area contributed by atoms with Crippen LogP contribution in [-0.2, 0) is 28.8 Å². The van der Waals surface area contributed by atoms with Crippen molar-refractivity contribution in [1.82, 2.24) is 21.3 Å². The van der Waals surface area contributed by atoms with E-state index in [-0.39, 0.29) is 25.3 Å². The number of hydrogen-bond donors (Lipinski definition) is 9. The van der Waals surface area contributed by atoms with Gasteiger partial charge in [0.2, 0.25) is 29.5 Å². The lowest BCUT2D eigenvalue weighted by molar-refractivity contribution is -0.144. The van der Waals surface area contributed by atoms with Crippen LogP contribution in [0.1, 0.15) is 38.5 Å². The Hall–Kier alpha value is -3.95. The number of nitrogens with two attached hydrogens (primary N) is 4. The summed E-state index contributed by atoms with van der Waals surface area (Å²) in [6.45, 7) is 0.722. The molecule has 5 amide bonds. The molecule has 0 saturated carbocycles. The van der Waals surface area contributed by atoms with Crippen LogP contribution in [0.2, 0.25) is 0 Å². The molecular weight excluding hydrogens is 466 g/mol. The van der Waals surface area contributed by atoms with Gasteiger partial charge in [0.1, 0.15) is 18.1 Å². The van der Waals surface area contributed by atoms with E-state index in [1.165, 1.54) is 0 Å². The summed E-state index contributed by atoms with van der Waals surface area (Å²) in [5.41, 5.74) is 20.8. The molecule has 16 nitrogen and oxygen atoms in total. The predicted molar refractivity (Wildman–Crippen MR) is 122 cm³/mol. The van der Waals surface area contributed by atoms with Crippen molar-refractivity contribution in [1.29, 1.82) is 0 Å². The molecule has 13 N–H and O–H groups in total. The highest BCUT2D eigenvalue weighted by Crippen LogP contribution is 2.07. The number of carbonyl (C=O) groups is 6. The largest absolute Gasteiger partial charge is 0.480 e. The summed E-state index contributed by atoms with van der Waals surface area (Å²) in [6.07, 6.45) is 0.250. The molecule has 1 aliphatic heterocycles. The normalized spacial score (nSPS) is 17.3. The van der Waals surface area contributed by atoms with Gasteiger partial charge < -0.3 is 49.3 Å². The van der Waals surface area contributed by atoms with Crippen LogP contribution in [0.15, 0.2) is 4.99 Å². The molecule has 0 aromatic carbocycles. The molecule has 1 saturated heterocycles. The molecule has 1 fully saturated rings. The quantitative estimate of drug-likeness (QED) is 0.0587. The Kier molecular flexibility index (Phi) is 11.9. The smallest absolute Gasteiger partial charge is 0.326 e. The number of guanidine groups is 1. The van der Waals surface area contributed by atoms with E-state index in [1.54, 1.807) is 0 Å². The van der Waals surface area contributed by atoms with Crippen molar-refractivity contribution >= 4 is 41.5 Å². The second-order valence-corrected chi connectivity index (χ2v) is 7.96. The molecule has 0 spiro atoms. The zero-order valence-corrected chi connectivity index (χ0v) is 19.1. The minimum Gasteiger partial charge on any atom is -0.480 e. The maximum absolute atomic E-state index is 12.9. The maximum Gasteiger partial charge on any atom is 0.326 e. The van der Waals surface area contributed by atoms with Gasteiger partial charge in [-0.05, 0) is 32.2 Å². The Balaban J connectivity index is 2.99. The van der Waals surface area contributed by atoms with E-state index in [0.717, 1.165) is 6.42 Å². The van der Waals surface area contributed by atoms with Gasteiger partial charge in [-0.25, -0.2) is 4.79 Å². The maximum atomic E-state index is 12.9. The van der Waals surface area contributed by atoms with Gasteiger partial charge >= 0.3 is 5.97 Å². The first-order valence-corrected chi connectivity index (χ1v) is 10.9. The minimum atomic E-state index is -1.63. The molecule has 0 radical (unpaired) electrons. The van der Waals surface area contributed by atoms with Gasteiger partial charge in [0, 0.05) is 6.54 Å². The number of aliphatic carboxylic acids is 1. The molecule has 1 heterocycles. The number of amides is 5. The topological polar surface area (TPSA) is 287 Å². The van der Waals surface area contributed by atoms with Crippen LogP contribution in [0.5, 0.6) is 0 Å². The Labute approximate surface area is 201 Å². The van der Waals surface area contributed by atoms with Crippen LogP contribution in [0.3, 0.4) is 0 Å². The van der Waals surface area contributed by atoms with E-state index in [4.69, 9.17) is 22.9 Å². The Morgan fingerprint density at radius 2 is 1.46 bits per heavy atom. The fraction of sp³-hybridized carbons (Fsp3) is 0.632. The molecule has 4 unspecified atom stereocenters. The van der Waals surface area contributed by atoms with E-state index >= 15 is 0 Å². The fourth-order valence-electron chi connectivity index (χ4n) is 3.31. The molecular formula is C19H33N9O7. The molecule has 1 aliphatic rings. The number of hydrogen-bond acceptors (Lipinski definition) is 8. The zero-order chi connectivity index (χ0) is 26.5. The van der Waals surface area contributed by atoms with Crippen molar-refractivity contribution in [3.63, 3.8) is 0 Å². The van der Waals surface area contributed by atoms with Crippen LogP contribution in [0, 0.1) is 0 Å². The number of carboxylic acid groups (broad SMARTS) is 1. The average Bonchev–Trinajstić information content (AvgIpc) is 3.28. The monoisotopic (exact) mass is 499 g/mol. The lowest BCUT2D eigenvalue weighted by atomic mass is 10.1. The van der Waals surface area contributed by atoms with Crippen molar-refractivity contribution in [2.75, 3.05) is 13.1 Å². The Morgan fingerprint density at radius 3 is 1.97 bits per heavy atom. The summed E-state index contributed by atoms with van der Waals surface area (Å²) in [7, 11) is 0. The predicted octanol–water partition coefficient (Wildman–Crippen LogP) is -4.92. The standard InChI is InChI=1S/C19H33N9O7/c20-13(29)7-11(27-15(31)9-3-1-5-24-9)17(33)26-10(4-2-6-25-19(22)23)16(32)28-12(18(34)35)8-14(21)30/h9-12,24H,1-8H2,(H2,20,29)(H2,21,30)(H,26,33)(H,27,31)(H,28,32)(H,34,35)(H4,22,23,25). The summed E-state index contributed by atoms with van der Waals surface area (Å²) in [5, 5.41) is 19.2. The molecule has 35 heavy (non-hydrogen) atoms. The van der Waals surface area contributed by atoms with Crippen LogP contribution >= 0.6 is 0 Å². The lowest BCUT2D eigenvalue weighted by Crippen LogP contribution is -2.57. The van der Waals surface area contributed by atoms with Crippen molar-refractivity contribution in [2.24, 2.45) is 27.9 Å². The van der Waals surface area contributed by atoms with Gasteiger partial charge in [0.15, 0.2) is 5.96 Å². The van der Waals surface area contributed by atoms with E-state index in [1.807, 2.05) is 0 Å². The molecule has 196 valence electrons. The van der Waals surface area contributed by atoms with Crippen molar-refractivity contribution in [3.8, 4) is 0 Å². The summed E-state index contributed by atoms with van der Waals surface area (Å²) < 4.78 is 0. The summed E-state index contributed by atoms with van der Waals surface area (Å²) in [5.74, 6) is -5.86. The van der Waals surface area contributed by atoms with Crippen LogP contribution in [-0.4, -0.2) is 83.8 Å². The van der Waals surface area contributed by atoms with Gasteiger partial charge in [0.25, 0.3) is 0 Å². The van der Waals surface area contributed by atoms with Gasteiger partial charge in [-0.15, -0.1) is 0 Å². The van der Waals surface area contributed by atoms with E-state index in [2.05, 4.69) is 26.3 Å². The second-order valence-electron chi connectivity index (χ2n) is 7.96. The molecule has 1 rings (SSSR count). The Morgan fingerprint density at radius 1 is 0.886 bits per heavy atom. The number of nitrogens with one attached hydrogen (secondary N) is 4. The van der Waals surface area contributed by atoms with Gasteiger partial charge in [0.05, 0.1) is 18.9 Å². The number of primary amides is 2. The molecule has 0 aliphatic carbocycles. The lowest BCUT2D eigenvalue weighted by Gasteiger charge is -2.24. The summed E-state index contributed by atoms with van der Waals surface area (Å²) >= 11 is 0. The number of carboxylic acids is 1. The highest BCUT2D eigenvalue weighted by atomic mass is 16.4. The van der Waals surface area contributed by atoms with Crippen molar-refractivity contribution in [3.05, 3.63) is 0 Å². The third-order valence-corrected chi connectivity index (χ3v) is 5.01. The highest BCUT2D eigenvalue weighted by molar-refractivity contribution is 5.96. The fourth-order valence-corrected chi connectivity index (χ4v) is 3.31. The Bertz CT molecular complexity index is 839. The first-order chi connectivity index (χ1) is 16.4. The van der Waals surface area contributed by atoms with Crippen molar-refractivity contribution in [2.45, 2.75) is 62.7 Å². The average molecular weight is 500 g/mol. The van der Waals surface area contributed by atoms with Crippen LogP contribution in [0.25, 0.3) is 0 Å². The molecule has 0 bridgehead atoms. The first kappa shape index (κ1) is 29.1. The third-order valence-electron chi connectivity index (χ3n) is 5.01. The van der Waals surface area contributed by atoms with Crippen LogP contribution in [0.4, 0.5) is 0 Å². The third kappa shape index (κ3) is 11.1. The van der Waals surface area contributed by atoms with E-state index in [9.17, 15) is 33.9 Å². The number of rotatable bonds is 15. The zero-order valence-electron chi connectivity index (χ0n) is 19.1. The van der Waals surface area contributed by atoms with Crippen LogP contribution < -0.4 is 44.2 Å². The number of carbonyl (C=O) groups excluding carboxylic acids is 5. The van der Waals surface area contributed by atoms with E-state index < -0.39 is 72.5 Å². The van der Waals surface area contributed by atoms with E-state index in [0.29, 0.717) is 13.0 Å². The van der Waals surface area contributed by atoms with Gasteiger partial charge in [-0.3, -0.25) is 29.0 Å². The first-order valence-electron chi connectivity index (χ1n) is 10.9. The van der Waals surface area contributed by atoms with Gasteiger partial charge in [-0.1, -0.05) is 0 Å². The molecule has 0 aromatic rings. The molecule has 0 aromatic heterocycles. The molecule has 16 heteroatoms.